The lowest BCUT2D eigenvalue weighted by Crippen LogP contribution is -2.38. The van der Waals surface area contributed by atoms with E-state index in [2.05, 4.69) is 15.0 Å². The Bertz CT molecular complexity index is 695. The standard InChI is InChI=1S/C17H23N5O2/c1-20(2)17(23)13-4-5-15(18-10-13)16-12-22(8-9-24-16)11-14-6-7-19-21(14)3/h4-7,10,16H,8-9,11-12H2,1-3H3. The summed E-state index contributed by atoms with van der Waals surface area (Å²) in [5, 5.41) is 4.21. The van der Waals surface area contributed by atoms with E-state index in [9.17, 15) is 4.79 Å². The molecule has 2 aromatic rings. The van der Waals surface area contributed by atoms with E-state index in [1.54, 1.807) is 25.2 Å². The molecule has 7 nitrogen and oxygen atoms in total. The second-order valence-electron chi connectivity index (χ2n) is 6.21. The number of morpholine rings is 1. The van der Waals surface area contributed by atoms with E-state index >= 15 is 0 Å². The zero-order valence-corrected chi connectivity index (χ0v) is 14.3. The maximum Gasteiger partial charge on any atom is 0.254 e. The summed E-state index contributed by atoms with van der Waals surface area (Å²) in [5.41, 5.74) is 2.63. The highest BCUT2D eigenvalue weighted by Gasteiger charge is 2.24. The number of amides is 1. The second kappa shape index (κ2) is 7.11. The van der Waals surface area contributed by atoms with Crippen LogP contribution in [0.25, 0.3) is 0 Å². The first-order chi connectivity index (χ1) is 11.5. The van der Waals surface area contributed by atoms with Crippen molar-refractivity contribution in [3.05, 3.63) is 47.5 Å². The highest BCUT2D eigenvalue weighted by molar-refractivity contribution is 5.93. The SMILES string of the molecule is CN(C)C(=O)c1ccc(C2CN(Cc3ccnn3C)CCO2)nc1. The number of hydrogen-bond acceptors (Lipinski definition) is 5. The fourth-order valence-corrected chi connectivity index (χ4v) is 2.79. The Hall–Kier alpha value is -2.25. The summed E-state index contributed by atoms with van der Waals surface area (Å²) in [6.07, 6.45) is 3.37. The molecule has 1 aliphatic rings. The van der Waals surface area contributed by atoms with Crippen LogP contribution in [0, 0.1) is 0 Å². The predicted octanol–water partition coefficient (Wildman–Crippen LogP) is 1.09. The third kappa shape index (κ3) is 3.63. The van der Waals surface area contributed by atoms with Gasteiger partial charge in [0.05, 0.1) is 23.6 Å². The van der Waals surface area contributed by atoms with Gasteiger partial charge in [-0.25, -0.2) is 0 Å². The van der Waals surface area contributed by atoms with E-state index in [0.717, 1.165) is 25.3 Å². The van der Waals surface area contributed by atoms with E-state index in [4.69, 9.17) is 4.74 Å². The first kappa shape index (κ1) is 16.6. The molecule has 2 aromatic heterocycles. The molecule has 1 saturated heterocycles. The number of hydrogen-bond donors (Lipinski definition) is 0. The summed E-state index contributed by atoms with van der Waals surface area (Å²) < 4.78 is 7.76. The number of aryl methyl sites for hydroxylation is 1. The van der Waals surface area contributed by atoms with Crippen molar-refractivity contribution in [1.82, 2.24) is 24.6 Å². The number of ether oxygens (including phenoxy) is 1. The molecule has 0 aliphatic carbocycles. The maximum atomic E-state index is 11.9. The van der Waals surface area contributed by atoms with Gasteiger partial charge < -0.3 is 9.64 Å². The molecule has 0 N–H and O–H groups in total. The van der Waals surface area contributed by atoms with Gasteiger partial charge in [-0.3, -0.25) is 19.4 Å². The van der Waals surface area contributed by atoms with Gasteiger partial charge in [0, 0.05) is 53.2 Å². The monoisotopic (exact) mass is 329 g/mol. The largest absolute Gasteiger partial charge is 0.369 e. The molecule has 1 atom stereocenters. The van der Waals surface area contributed by atoms with Crippen LogP contribution in [-0.2, 0) is 18.3 Å². The molecule has 1 unspecified atom stereocenters. The first-order valence-electron chi connectivity index (χ1n) is 8.03. The molecule has 1 fully saturated rings. The normalized spacial score (nSPS) is 18.5. The molecule has 7 heteroatoms. The third-order valence-electron chi connectivity index (χ3n) is 4.23. The van der Waals surface area contributed by atoms with Crippen LogP contribution in [0.4, 0.5) is 0 Å². The summed E-state index contributed by atoms with van der Waals surface area (Å²) in [6, 6.07) is 5.73. The molecule has 128 valence electrons. The van der Waals surface area contributed by atoms with Crippen LogP contribution in [0.1, 0.15) is 27.8 Å². The van der Waals surface area contributed by atoms with E-state index < -0.39 is 0 Å². The summed E-state index contributed by atoms with van der Waals surface area (Å²) in [5.74, 6) is -0.0450. The van der Waals surface area contributed by atoms with Gasteiger partial charge >= 0.3 is 0 Å². The van der Waals surface area contributed by atoms with Crippen LogP contribution in [0.15, 0.2) is 30.6 Å². The third-order valence-corrected chi connectivity index (χ3v) is 4.23. The van der Waals surface area contributed by atoms with Crippen LogP contribution in [0.2, 0.25) is 0 Å². The molecule has 1 amide bonds. The van der Waals surface area contributed by atoms with E-state index in [-0.39, 0.29) is 12.0 Å². The zero-order chi connectivity index (χ0) is 17.1. The van der Waals surface area contributed by atoms with Crippen LogP contribution in [0.3, 0.4) is 0 Å². The van der Waals surface area contributed by atoms with Gasteiger partial charge in [0.1, 0.15) is 6.10 Å². The fraction of sp³-hybridized carbons (Fsp3) is 0.471. The lowest BCUT2D eigenvalue weighted by Gasteiger charge is -2.32. The lowest BCUT2D eigenvalue weighted by atomic mass is 10.1. The van der Waals surface area contributed by atoms with E-state index in [0.29, 0.717) is 12.2 Å². The molecule has 0 aromatic carbocycles. The van der Waals surface area contributed by atoms with Gasteiger partial charge in [0.2, 0.25) is 0 Å². The van der Waals surface area contributed by atoms with E-state index in [1.807, 2.05) is 36.1 Å². The van der Waals surface area contributed by atoms with Crippen molar-refractivity contribution in [3.8, 4) is 0 Å². The van der Waals surface area contributed by atoms with Crippen molar-refractivity contribution in [2.45, 2.75) is 12.6 Å². The number of rotatable bonds is 4. The molecule has 1 aliphatic heterocycles. The maximum absolute atomic E-state index is 11.9. The van der Waals surface area contributed by atoms with Crippen LogP contribution in [0.5, 0.6) is 0 Å². The summed E-state index contributed by atoms with van der Waals surface area (Å²) >= 11 is 0. The van der Waals surface area contributed by atoms with Crippen molar-refractivity contribution in [3.63, 3.8) is 0 Å². The molecule has 0 saturated carbocycles. The Balaban J connectivity index is 1.66. The van der Waals surface area contributed by atoms with Crippen LogP contribution in [-0.4, -0.2) is 64.3 Å². The molecular weight excluding hydrogens is 306 g/mol. The van der Waals surface area contributed by atoms with Crippen molar-refractivity contribution < 1.29 is 9.53 Å². The van der Waals surface area contributed by atoms with Crippen molar-refractivity contribution in [2.24, 2.45) is 7.05 Å². The van der Waals surface area contributed by atoms with Gasteiger partial charge in [0.25, 0.3) is 5.91 Å². The zero-order valence-electron chi connectivity index (χ0n) is 14.3. The minimum absolute atomic E-state index is 0.0450. The van der Waals surface area contributed by atoms with Crippen LogP contribution < -0.4 is 0 Å². The van der Waals surface area contributed by atoms with Gasteiger partial charge in [0.15, 0.2) is 0 Å². The van der Waals surface area contributed by atoms with Crippen molar-refractivity contribution >= 4 is 5.91 Å². The smallest absolute Gasteiger partial charge is 0.254 e. The Kier molecular flexibility index (Phi) is 4.92. The minimum atomic E-state index is -0.0736. The molecule has 3 rings (SSSR count). The highest BCUT2D eigenvalue weighted by atomic mass is 16.5. The quantitative estimate of drug-likeness (QED) is 0.840. The van der Waals surface area contributed by atoms with Crippen LogP contribution >= 0.6 is 0 Å². The number of aromatic nitrogens is 3. The van der Waals surface area contributed by atoms with Gasteiger partial charge in [-0.2, -0.15) is 5.10 Å². The summed E-state index contributed by atoms with van der Waals surface area (Å²) in [4.78, 5) is 20.3. The number of carbonyl (C=O) groups excluding carboxylic acids is 1. The number of pyridine rings is 1. The molecule has 24 heavy (non-hydrogen) atoms. The van der Waals surface area contributed by atoms with Gasteiger partial charge in [-0.15, -0.1) is 0 Å². The average molecular weight is 329 g/mol. The topological polar surface area (TPSA) is 63.5 Å². The summed E-state index contributed by atoms with van der Waals surface area (Å²) in [7, 11) is 5.42. The van der Waals surface area contributed by atoms with Gasteiger partial charge in [-0.1, -0.05) is 0 Å². The van der Waals surface area contributed by atoms with Gasteiger partial charge in [-0.05, 0) is 18.2 Å². The molecule has 0 bridgehead atoms. The number of nitrogens with zero attached hydrogens (tertiary/aromatic N) is 5. The Morgan fingerprint density at radius 1 is 1.38 bits per heavy atom. The second-order valence-corrected chi connectivity index (χ2v) is 6.21. The Morgan fingerprint density at radius 3 is 2.83 bits per heavy atom. The average Bonchev–Trinajstić information content (AvgIpc) is 2.99. The first-order valence-corrected chi connectivity index (χ1v) is 8.03. The van der Waals surface area contributed by atoms with Crippen molar-refractivity contribution in [2.75, 3.05) is 33.8 Å². The molecular formula is C17H23N5O2. The minimum Gasteiger partial charge on any atom is -0.369 e. The molecule has 0 spiro atoms. The van der Waals surface area contributed by atoms with E-state index in [1.165, 1.54) is 5.69 Å². The Labute approximate surface area is 141 Å². The Morgan fingerprint density at radius 2 is 2.21 bits per heavy atom. The fourth-order valence-electron chi connectivity index (χ4n) is 2.79. The summed E-state index contributed by atoms with van der Waals surface area (Å²) in [6.45, 7) is 3.17. The predicted molar refractivity (Wildman–Crippen MR) is 89.4 cm³/mol. The lowest BCUT2D eigenvalue weighted by molar-refractivity contribution is -0.0356. The molecule has 3 heterocycles. The highest BCUT2D eigenvalue weighted by Crippen LogP contribution is 2.22. The number of carbonyl (C=O) groups is 1. The van der Waals surface area contributed by atoms with Crippen molar-refractivity contribution in [1.29, 1.82) is 0 Å². The molecule has 0 radical (unpaired) electrons.